The van der Waals surface area contributed by atoms with E-state index in [1.807, 2.05) is 13.8 Å². The molecule has 3 heteroatoms. The Morgan fingerprint density at radius 2 is 2.00 bits per heavy atom. The van der Waals surface area contributed by atoms with Gasteiger partial charge < -0.3 is 14.6 Å². The second-order valence-corrected chi connectivity index (χ2v) is 2.33. The largest absolute Gasteiger partial charge is 0.371 e. The lowest BCUT2D eigenvalue weighted by Gasteiger charge is -2.29. The van der Waals surface area contributed by atoms with E-state index in [1.165, 1.54) is 0 Å². The van der Waals surface area contributed by atoms with Crippen LogP contribution in [0.5, 0.6) is 0 Å². The molecular formula is C6H12O3. The van der Waals surface area contributed by atoms with Gasteiger partial charge in [-0.05, 0) is 13.8 Å². The van der Waals surface area contributed by atoms with Gasteiger partial charge in [-0.1, -0.05) is 0 Å². The van der Waals surface area contributed by atoms with Gasteiger partial charge in [-0.3, -0.25) is 0 Å². The molecule has 0 unspecified atom stereocenters. The van der Waals surface area contributed by atoms with Gasteiger partial charge in [0, 0.05) is 0 Å². The standard InChI is InChI=1S/C6H12O3/c1-4-5(2)9-6(7)3-8-4/h4-7H,3H2,1-2H3/t4-,5-,6+/m0/s1. The first-order valence-corrected chi connectivity index (χ1v) is 3.15. The van der Waals surface area contributed by atoms with E-state index in [0.717, 1.165) is 0 Å². The Balaban J connectivity index is 2.35. The molecule has 1 aliphatic heterocycles. The Bertz CT molecular complexity index is 94.3. The van der Waals surface area contributed by atoms with Crippen molar-refractivity contribution in [3.8, 4) is 0 Å². The normalized spacial score (nSPS) is 45.0. The summed E-state index contributed by atoms with van der Waals surface area (Å²) < 4.78 is 10.2. The van der Waals surface area contributed by atoms with Crippen LogP contribution >= 0.6 is 0 Å². The second-order valence-electron chi connectivity index (χ2n) is 2.33. The van der Waals surface area contributed by atoms with Crippen molar-refractivity contribution in [1.82, 2.24) is 0 Å². The number of hydrogen-bond acceptors (Lipinski definition) is 3. The van der Waals surface area contributed by atoms with Gasteiger partial charge in [0.05, 0.1) is 18.8 Å². The molecule has 0 aromatic heterocycles. The lowest BCUT2D eigenvalue weighted by molar-refractivity contribution is -0.239. The third-order valence-electron chi connectivity index (χ3n) is 1.53. The van der Waals surface area contributed by atoms with Crippen LogP contribution in [0.2, 0.25) is 0 Å². The predicted octanol–water partition coefficient (Wildman–Crippen LogP) is 0.129. The van der Waals surface area contributed by atoms with Gasteiger partial charge in [-0.25, -0.2) is 0 Å². The monoisotopic (exact) mass is 132 g/mol. The topological polar surface area (TPSA) is 38.7 Å². The minimum absolute atomic E-state index is 0.00810. The van der Waals surface area contributed by atoms with E-state index in [0.29, 0.717) is 6.61 Å². The highest BCUT2D eigenvalue weighted by Gasteiger charge is 2.23. The first-order valence-electron chi connectivity index (χ1n) is 3.15. The van der Waals surface area contributed by atoms with E-state index in [2.05, 4.69) is 0 Å². The maximum atomic E-state index is 8.85. The van der Waals surface area contributed by atoms with Gasteiger partial charge in [0.15, 0.2) is 6.29 Å². The van der Waals surface area contributed by atoms with E-state index < -0.39 is 6.29 Å². The highest BCUT2D eigenvalue weighted by atomic mass is 16.7. The van der Waals surface area contributed by atoms with Gasteiger partial charge >= 0.3 is 0 Å². The summed E-state index contributed by atoms with van der Waals surface area (Å²) in [5, 5.41) is 8.85. The summed E-state index contributed by atoms with van der Waals surface area (Å²) in [6, 6.07) is 0. The molecule has 3 nitrogen and oxygen atoms in total. The van der Waals surface area contributed by atoms with Crippen LogP contribution in [0.1, 0.15) is 13.8 Å². The summed E-state index contributed by atoms with van der Waals surface area (Å²) in [5.74, 6) is 0. The molecule has 3 atom stereocenters. The molecule has 0 spiro atoms. The van der Waals surface area contributed by atoms with Crippen LogP contribution in [-0.4, -0.2) is 30.2 Å². The zero-order chi connectivity index (χ0) is 6.85. The van der Waals surface area contributed by atoms with Crippen molar-refractivity contribution in [3.63, 3.8) is 0 Å². The van der Waals surface area contributed by atoms with E-state index >= 15 is 0 Å². The van der Waals surface area contributed by atoms with Gasteiger partial charge in [-0.15, -0.1) is 0 Å². The third-order valence-corrected chi connectivity index (χ3v) is 1.53. The third kappa shape index (κ3) is 1.64. The van der Waals surface area contributed by atoms with Crippen LogP contribution in [0.3, 0.4) is 0 Å². The fraction of sp³-hybridized carbons (Fsp3) is 1.00. The van der Waals surface area contributed by atoms with Crippen LogP contribution < -0.4 is 0 Å². The van der Waals surface area contributed by atoms with Crippen LogP contribution in [-0.2, 0) is 9.47 Å². The SMILES string of the molecule is C[C@@H]1OC[C@H](O)O[C@H]1C. The summed E-state index contributed by atoms with van der Waals surface area (Å²) in [6.45, 7) is 4.11. The van der Waals surface area contributed by atoms with Crippen LogP contribution in [0.15, 0.2) is 0 Å². The van der Waals surface area contributed by atoms with E-state index in [1.54, 1.807) is 0 Å². The van der Waals surface area contributed by atoms with Crippen molar-refractivity contribution in [1.29, 1.82) is 0 Å². The minimum atomic E-state index is -0.726. The smallest absolute Gasteiger partial charge is 0.178 e. The molecule has 1 fully saturated rings. The van der Waals surface area contributed by atoms with Crippen molar-refractivity contribution in [2.45, 2.75) is 32.3 Å². The quantitative estimate of drug-likeness (QED) is 0.509. The lowest BCUT2D eigenvalue weighted by Crippen LogP contribution is -2.39. The number of ether oxygens (including phenoxy) is 2. The Morgan fingerprint density at radius 3 is 2.44 bits per heavy atom. The lowest BCUT2D eigenvalue weighted by atomic mass is 10.2. The Kier molecular flexibility index (Phi) is 2.05. The maximum absolute atomic E-state index is 8.85. The molecule has 0 radical (unpaired) electrons. The van der Waals surface area contributed by atoms with Crippen LogP contribution in [0.4, 0.5) is 0 Å². The zero-order valence-electron chi connectivity index (χ0n) is 5.70. The van der Waals surface area contributed by atoms with Crippen molar-refractivity contribution in [2.24, 2.45) is 0 Å². The summed E-state index contributed by atoms with van der Waals surface area (Å²) in [7, 11) is 0. The number of rotatable bonds is 0. The highest BCUT2D eigenvalue weighted by molar-refractivity contribution is 4.65. The molecule has 1 aliphatic rings. The van der Waals surface area contributed by atoms with Crippen molar-refractivity contribution < 1.29 is 14.6 Å². The van der Waals surface area contributed by atoms with Gasteiger partial charge in [0.25, 0.3) is 0 Å². The molecule has 0 aromatic rings. The molecule has 1 heterocycles. The number of hydrogen-bond donors (Lipinski definition) is 1. The molecule has 0 aliphatic carbocycles. The summed E-state index contributed by atoms with van der Waals surface area (Å²) in [5.41, 5.74) is 0. The Hall–Kier alpha value is -0.120. The fourth-order valence-electron chi connectivity index (χ4n) is 0.767. The average Bonchev–Trinajstić information content (AvgIpc) is 1.80. The molecule has 1 N–H and O–H groups in total. The van der Waals surface area contributed by atoms with Crippen molar-refractivity contribution in [2.75, 3.05) is 6.61 Å². The molecule has 1 saturated heterocycles. The van der Waals surface area contributed by atoms with Gasteiger partial charge in [-0.2, -0.15) is 0 Å². The van der Waals surface area contributed by atoms with E-state index in [-0.39, 0.29) is 12.2 Å². The molecule has 54 valence electrons. The highest BCUT2D eigenvalue weighted by Crippen LogP contribution is 2.11. The molecule has 0 amide bonds. The second kappa shape index (κ2) is 2.64. The fourth-order valence-corrected chi connectivity index (χ4v) is 0.767. The summed E-state index contributed by atoms with van der Waals surface area (Å²) in [4.78, 5) is 0. The average molecular weight is 132 g/mol. The molecule has 0 bridgehead atoms. The van der Waals surface area contributed by atoms with E-state index in [4.69, 9.17) is 14.6 Å². The van der Waals surface area contributed by atoms with Crippen molar-refractivity contribution >= 4 is 0 Å². The Labute approximate surface area is 54.6 Å². The number of aliphatic hydroxyl groups excluding tert-OH is 1. The minimum Gasteiger partial charge on any atom is -0.371 e. The predicted molar refractivity (Wildman–Crippen MR) is 32.0 cm³/mol. The first-order chi connectivity index (χ1) is 4.20. The molecular weight excluding hydrogens is 120 g/mol. The molecule has 0 aromatic carbocycles. The molecule has 9 heavy (non-hydrogen) atoms. The Morgan fingerprint density at radius 1 is 1.33 bits per heavy atom. The zero-order valence-corrected chi connectivity index (χ0v) is 5.70. The number of aliphatic hydroxyl groups is 1. The maximum Gasteiger partial charge on any atom is 0.178 e. The van der Waals surface area contributed by atoms with E-state index in [9.17, 15) is 0 Å². The first kappa shape index (κ1) is 6.99. The van der Waals surface area contributed by atoms with Gasteiger partial charge in [0.2, 0.25) is 0 Å². The summed E-state index contributed by atoms with van der Waals surface area (Å²) >= 11 is 0. The van der Waals surface area contributed by atoms with Crippen LogP contribution in [0, 0.1) is 0 Å². The molecule has 1 rings (SSSR count). The van der Waals surface area contributed by atoms with Gasteiger partial charge in [0.1, 0.15) is 0 Å². The molecule has 0 saturated carbocycles. The van der Waals surface area contributed by atoms with Crippen LogP contribution in [0.25, 0.3) is 0 Å². The summed E-state index contributed by atoms with van der Waals surface area (Å²) in [6.07, 6.45) is -0.613. The van der Waals surface area contributed by atoms with Crippen molar-refractivity contribution in [3.05, 3.63) is 0 Å².